The molecule has 0 aromatic carbocycles. The number of hydrogen-bond acceptors (Lipinski definition) is 15. The zero-order chi connectivity index (χ0) is 65.0. The lowest BCUT2D eigenvalue weighted by atomic mass is 10.0. The first-order chi connectivity index (χ1) is 42.4. The molecule has 0 spiro atoms. The van der Waals surface area contributed by atoms with E-state index in [-0.39, 0.29) is 25.7 Å². The third kappa shape index (κ3) is 62.8. The predicted octanol–water partition coefficient (Wildman–Crippen LogP) is 19.6. The molecule has 0 rings (SSSR count). The van der Waals surface area contributed by atoms with Crippen molar-refractivity contribution in [3.63, 3.8) is 0 Å². The van der Waals surface area contributed by atoms with Gasteiger partial charge in [0, 0.05) is 25.7 Å². The molecule has 0 bridgehead atoms. The maximum Gasteiger partial charge on any atom is 0.472 e. The second-order valence-electron chi connectivity index (χ2n) is 25.9. The van der Waals surface area contributed by atoms with Crippen LogP contribution in [0.1, 0.15) is 350 Å². The molecule has 0 fully saturated rings. The molecule has 88 heavy (non-hydrogen) atoms. The van der Waals surface area contributed by atoms with Crippen LogP contribution in [0.4, 0.5) is 0 Å². The summed E-state index contributed by atoms with van der Waals surface area (Å²) in [5.41, 5.74) is 0. The van der Waals surface area contributed by atoms with Crippen molar-refractivity contribution in [2.45, 2.75) is 368 Å². The summed E-state index contributed by atoms with van der Waals surface area (Å²) in [5.74, 6) is -0.579. The molecule has 17 nitrogen and oxygen atoms in total. The van der Waals surface area contributed by atoms with Gasteiger partial charge in [0.05, 0.1) is 26.4 Å². The van der Waals surface area contributed by atoms with E-state index >= 15 is 0 Å². The molecule has 0 saturated carbocycles. The number of aliphatic hydroxyl groups excluding tert-OH is 1. The maximum atomic E-state index is 13.0. The minimum atomic E-state index is -4.95. The number of carbonyl (C=O) groups is 4. The van der Waals surface area contributed by atoms with Crippen LogP contribution < -0.4 is 0 Å². The normalized spacial score (nSPS) is 14.2. The molecule has 0 aliphatic heterocycles. The standard InChI is InChI=1S/C69H134O17P2/c1-7-9-11-13-15-17-21-29-35-41-47-53-68(73)85-64(57-79-66(71)51-45-39-33-16-14-12-10-8-2)59-83-87(75,76)81-55-63(70)56-82-88(77,78)84-60-65(58-80-67(72)52-46-40-34-28-25-20-23-27-32-38-44-50-62(5)6)86-69(74)54-48-42-36-30-24-19-18-22-26-31-37-43-49-61(3)4/h61-65,70H,7-60H2,1-6H3,(H,75,76)(H,77,78)/t63-,64+,65+/m0/s1. The Morgan fingerprint density at radius 1 is 0.307 bits per heavy atom. The zero-order valence-corrected chi connectivity index (χ0v) is 58.8. The van der Waals surface area contributed by atoms with Crippen molar-refractivity contribution < 1.29 is 80.2 Å². The number of phosphoric ester groups is 2. The molecule has 0 aromatic rings. The molecule has 0 radical (unpaired) electrons. The number of unbranched alkanes of at least 4 members (excludes halogenated alkanes) is 38. The number of phosphoric acid groups is 2. The highest BCUT2D eigenvalue weighted by molar-refractivity contribution is 7.47. The SMILES string of the molecule is CCCCCCCCCCCCCC(=O)O[C@H](COC(=O)CCCCCCCCCC)COP(=O)(O)OC[C@H](O)COP(=O)(O)OC[C@@H](COC(=O)CCCCCCCCCCCCCC(C)C)OC(=O)CCCCCCCCCCCCCCC(C)C. The van der Waals surface area contributed by atoms with Crippen LogP contribution >= 0.6 is 15.6 Å². The highest BCUT2D eigenvalue weighted by Crippen LogP contribution is 2.45. The van der Waals surface area contributed by atoms with Crippen LogP contribution in [-0.2, 0) is 65.4 Å². The van der Waals surface area contributed by atoms with Crippen molar-refractivity contribution in [1.82, 2.24) is 0 Å². The quantitative estimate of drug-likeness (QED) is 0.0222. The van der Waals surface area contributed by atoms with Gasteiger partial charge < -0.3 is 33.8 Å². The summed E-state index contributed by atoms with van der Waals surface area (Å²) >= 11 is 0. The number of ether oxygens (including phenoxy) is 4. The number of hydrogen-bond donors (Lipinski definition) is 3. The second-order valence-corrected chi connectivity index (χ2v) is 28.8. The third-order valence-corrected chi connectivity index (χ3v) is 17.9. The van der Waals surface area contributed by atoms with Gasteiger partial charge in [-0.2, -0.15) is 0 Å². The van der Waals surface area contributed by atoms with Crippen LogP contribution in [0.2, 0.25) is 0 Å². The number of carbonyl (C=O) groups excluding carboxylic acids is 4. The van der Waals surface area contributed by atoms with Crippen LogP contribution in [0.5, 0.6) is 0 Å². The molecule has 3 N–H and O–H groups in total. The largest absolute Gasteiger partial charge is 0.472 e. The lowest BCUT2D eigenvalue weighted by Crippen LogP contribution is -2.30. The van der Waals surface area contributed by atoms with E-state index in [9.17, 15) is 43.2 Å². The van der Waals surface area contributed by atoms with Crippen molar-refractivity contribution in [3.8, 4) is 0 Å². The van der Waals surface area contributed by atoms with E-state index in [0.29, 0.717) is 25.7 Å². The molecule has 0 aliphatic carbocycles. The van der Waals surface area contributed by atoms with Gasteiger partial charge in [-0.15, -0.1) is 0 Å². The summed E-state index contributed by atoms with van der Waals surface area (Å²) in [5, 5.41) is 10.6. The molecule has 19 heteroatoms. The van der Waals surface area contributed by atoms with Crippen molar-refractivity contribution in [1.29, 1.82) is 0 Å². The summed E-state index contributed by atoms with van der Waals surface area (Å²) in [7, 11) is -9.89. The van der Waals surface area contributed by atoms with Crippen LogP contribution in [0, 0.1) is 11.8 Å². The third-order valence-electron chi connectivity index (χ3n) is 16.0. The van der Waals surface area contributed by atoms with Crippen LogP contribution in [-0.4, -0.2) is 96.7 Å². The fourth-order valence-corrected chi connectivity index (χ4v) is 12.0. The van der Waals surface area contributed by atoms with E-state index in [4.69, 9.17) is 37.0 Å². The maximum absolute atomic E-state index is 13.0. The molecule has 0 saturated heterocycles. The van der Waals surface area contributed by atoms with Crippen molar-refractivity contribution in [3.05, 3.63) is 0 Å². The van der Waals surface area contributed by atoms with E-state index in [1.165, 1.54) is 161 Å². The molecular weight excluding hydrogens is 1160 g/mol. The smallest absolute Gasteiger partial charge is 0.462 e. The Hall–Kier alpha value is -1.94. The van der Waals surface area contributed by atoms with E-state index in [2.05, 4.69) is 41.5 Å². The van der Waals surface area contributed by atoms with Crippen LogP contribution in [0.15, 0.2) is 0 Å². The minimum Gasteiger partial charge on any atom is -0.462 e. The molecule has 2 unspecified atom stereocenters. The first-order valence-corrected chi connectivity index (χ1v) is 39.0. The van der Waals surface area contributed by atoms with Crippen molar-refractivity contribution in [2.24, 2.45) is 11.8 Å². The molecule has 5 atom stereocenters. The molecule has 0 aromatic heterocycles. The molecule has 522 valence electrons. The van der Waals surface area contributed by atoms with E-state index in [1.807, 2.05) is 0 Å². The summed E-state index contributed by atoms with van der Waals surface area (Å²) < 4.78 is 68.2. The van der Waals surface area contributed by atoms with Gasteiger partial charge in [-0.1, -0.05) is 298 Å². The summed E-state index contributed by atoms with van der Waals surface area (Å²) in [6, 6.07) is 0. The topological polar surface area (TPSA) is 237 Å². The fraction of sp³-hybridized carbons (Fsp3) is 0.942. The van der Waals surface area contributed by atoms with E-state index in [1.54, 1.807) is 0 Å². The summed E-state index contributed by atoms with van der Waals surface area (Å²) in [4.78, 5) is 72.4. The minimum absolute atomic E-state index is 0.107. The average molecular weight is 1300 g/mol. The van der Waals surface area contributed by atoms with Gasteiger partial charge >= 0.3 is 39.5 Å². The number of rotatable bonds is 68. The fourth-order valence-electron chi connectivity index (χ4n) is 10.4. The van der Waals surface area contributed by atoms with Crippen LogP contribution in [0.25, 0.3) is 0 Å². The van der Waals surface area contributed by atoms with Gasteiger partial charge in [0.15, 0.2) is 12.2 Å². The van der Waals surface area contributed by atoms with Gasteiger partial charge in [-0.3, -0.25) is 37.3 Å². The van der Waals surface area contributed by atoms with Gasteiger partial charge in [0.25, 0.3) is 0 Å². The molecule has 0 aliphatic rings. The highest BCUT2D eigenvalue weighted by atomic mass is 31.2. The Morgan fingerprint density at radius 3 is 0.773 bits per heavy atom. The summed E-state index contributed by atoms with van der Waals surface area (Å²) in [6.07, 6.45) is 45.7. The van der Waals surface area contributed by atoms with E-state index in [0.717, 1.165) is 108 Å². The van der Waals surface area contributed by atoms with Crippen LogP contribution in [0.3, 0.4) is 0 Å². The highest BCUT2D eigenvalue weighted by Gasteiger charge is 2.30. The Balaban J connectivity index is 5.23. The average Bonchev–Trinajstić information content (AvgIpc) is 3.57. The predicted molar refractivity (Wildman–Crippen MR) is 354 cm³/mol. The Labute approximate surface area is 537 Å². The Morgan fingerprint density at radius 2 is 0.523 bits per heavy atom. The lowest BCUT2D eigenvalue weighted by Gasteiger charge is -2.21. The van der Waals surface area contributed by atoms with Crippen molar-refractivity contribution >= 4 is 39.5 Å². The molecular formula is C69H134O17P2. The van der Waals surface area contributed by atoms with E-state index < -0.39 is 97.5 Å². The first-order valence-electron chi connectivity index (χ1n) is 36.0. The lowest BCUT2D eigenvalue weighted by molar-refractivity contribution is -0.161. The second kappa shape index (κ2) is 61.3. The monoisotopic (exact) mass is 1300 g/mol. The van der Waals surface area contributed by atoms with Gasteiger partial charge in [0.1, 0.15) is 19.3 Å². The zero-order valence-electron chi connectivity index (χ0n) is 57.0. The number of esters is 4. The first kappa shape index (κ1) is 86.1. The Bertz CT molecular complexity index is 1720. The molecule has 0 amide bonds. The van der Waals surface area contributed by atoms with Gasteiger partial charge in [-0.25, -0.2) is 9.13 Å². The summed E-state index contributed by atoms with van der Waals surface area (Å²) in [6.45, 7) is 9.53. The number of aliphatic hydroxyl groups is 1. The van der Waals surface area contributed by atoms with Gasteiger partial charge in [0.2, 0.25) is 0 Å². The molecule has 0 heterocycles. The van der Waals surface area contributed by atoms with Gasteiger partial charge in [-0.05, 0) is 37.5 Å². The Kier molecular flexibility index (Phi) is 59.9. The van der Waals surface area contributed by atoms with Crippen molar-refractivity contribution in [2.75, 3.05) is 39.6 Å².